The second-order valence-corrected chi connectivity index (χ2v) is 9.49. The molecule has 6 nitrogen and oxygen atoms in total. The fourth-order valence-corrected chi connectivity index (χ4v) is 4.66. The number of fused-ring (bicyclic) bond motifs is 2. The quantitative estimate of drug-likeness (QED) is 0.229. The molecule has 0 fully saturated rings. The maximum absolute atomic E-state index is 13.0. The van der Waals surface area contributed by atoms with Gasteiger partial charge >= 0.3 is 5.97 Å². The minimum atomic E-state index is -0.628. The largest absolute Gasteiger partial charge is 0.449 e. The van der Waals surface area contributed by atoms with Crippen LogP contribution in [-0.2, 0) is 0 Å². The second-order valence-electron chi connectivity index (χ2n) is 8.68. The smallest absolute Gasteiger partial charge is 0.379 e. The van der Waals surface area contributed by atoms with E-state index in [0.29, 0.717) is 32.5 Å². The maximum Gasteiger partial charge on any atom is 0.379 e. The van der Waals surface area contributed by atoms with Gasteiger partial charge in [0.2, 0.25) is 11.6 Å². The van der Waals surface area contributed by atoms with Crippen molar-refractivity contribution < 1.29 is 18.7 Å². The number of nitriles is 1. The highest BCUT2D eigenvalue weighted by atomic mass is 35.5. The molecule has 0 bridgehead atoms. The molecule has 5 rings (SSSR count). The molecule has 1 aliphatic heterocycles. The highest BCUT2D eigenvalue weighted by Crippen LogP contribution is 2.44. The molecule has 3 aromatic carbocycles. The van der Waals surface area contributed by atoms with Crippen molar-refractivity contribution in [2.75, 3.05) is 0 Å². The summed E-state index contributed by atoms with van der Waals surface area (Å²) >= 11 is 12.3. The maximum atomic E-state index is 13.0. The fourth-order valence-electron chi connectivity index (χ4n) is 4.36. The molecular formula is C28H20Cl2N2O4. The number of allylic oxidation sites excluding steroid dienone is 1. The van der Waals surface area contributed by atoms with Crippen molar-refractivity contribution in [2.24, 2.45) is 5.73 Å². The van der Waals surface area contributed by atoms with Gasteiger partial charge in [0.1, 0.15) is 28.7 Å². The second kappa shape index (κ2) is 8.94. The van der Waals surface area contributed by atoms with Crippen LogP contribution in [0.2, 0.25) is 10.0 Å². The summed E-state index contributed by atoms with van der Waals surface area (Å²) in [5, 5.41) is 11.4. The summed E-state index contributed by atoms with van der Waals surface area (Å²) in [5.74, 6) is -0.455. The van der Waals surface area contributed by atoms with Gasteiger partial charge in [-0.15, -0.1) is 0 Å². The number of nitrogens with zero attached hydrogens (tertiary/aromatic N) is 1. The molecule has 0 aliphatic carbocycles. The first-order valence-corrected chi connectivity index (χ1v) is 11.8. The lowest BCUT2D eigenvalue weighted by Crippen LogP contribution is -2.21. The van der Waals surface area contributed by atoms with Crippen molar-refractivity contribution in [1.82, 2.24) is 0 Å². The summed E-state index contributed by atoms with van der Waals surface area (Å²) in [4.78, 5) is 13.0. The molecule has 4 aromatic rings. The molecule has 0 amide bonds. The van der Waals surface area contributed by atoms with Gasteiger partial charge in [0, 0.05) is 22.6 Å². The van der Waals surface area contributed by atoms with Crippen molar-refractivity contribution in [3.05, 3.63) is 104 Å². The minimum Gasteiger partial charge on any atom is -0.449 e. The third-order valence-electron chi connectivity index (χ3n) is 6.42. The monoisotopic (exact) mass is 518 g/mol. The van der Waals surface area contributed by atoms with E-state index in [-0.39, 0.29) is 23.0 Å². The lowest BCUT2D eigenvalue weighted by Gasteiger charge is -2.27. The Morgan fingerprint density at radius 1 is 1.03 bits per heavy atom. The SMILES string of the molecule is Cc1cc2oc(C(=O)Oc3ccc4c(c3)OC(N)=C(C#N)C4c3ccc(Cl)c(Cl)c3)c(C)c2cc1C. The molecule has 1 aromatic heterocycles. The topological polar surface area (TPSA) is 98.5 Å². The number of hydrogen-bond donors (Lipinski definition) is 1. The number of halogens is 2. The van der Waals surface area contributed by atoms with E-state index < -0.39 is 11.9 Å². The van der Waals surface area contributed by atoms with E-state index in [1.807, 2.05) is 32.9 Å². The van der Waals surface area contributed by atoms with Crippen LogP contribution >= 0.6 is 23.2 Å². The Morgan fingerprint density at radius 3 is 2.50 bits per heavy atom. The number of esters is 1. The van der Waals surface area contributed by atoms with Gasteiger partial charge in [0.25, 0.3) is 0 Å². The van der Waals surface area contributed by atoms with Gasteiger partial charge in [-0.25, -0.2) is 4.79 Å². The number of ether oxygens (including phenoxy) is 2. The fraction of sp³-hybridized carbons (Fsp3) is 0.143. The summed E-state index contributed by atoms with van der Waals surface area (Å²) in [6.07, 6.45) is 0. The van der Waals surface area contributed by atoms with Crippen LogP contribution in [0.4, 0.5) is 0 Å². The molecule has 36 heavy (non-hydrogen) atoms. The Hall–Kier alpha value is -3.92. The Morgan fingerprint density at radius 2 is 1.78 bits per heavy atom. The van der Waals surface area contributed by atoms with Gasteiger partial charge in [0.05, 0.1) is 16.0 Å². The van der Waals surface area contributed by atoms with E-state index >= 15 is 0 Å². The van der Waals surface area contributed by atoms with Gasteiger partial charge in [-0.2, -0.15) is 5.26 Å². The zero-order valence-corrected chi connectivity index (χ0v) is 21.1. The summed E-state index contributed by atoms with van der Waals surface area (Å²) in [5.41, 5.74) is 11.2. The first-order valence-electron chi connectivity index (χ1n) is 11.1. The van der Waals surface area contributed by atoms with Crippen molar-refractivity contribution in [1.29, 1.82) is 5.26 Å². The van der Waals surface area contributed by atoms with E-state index in [1.165, 1.54) is 0 Å². The first-order chi connectivity index (χ1) is 17.2. The number of rotatable bonds is 3. The number of furan rings is 1. The predicted octanol–water partition coefficient (Wildman–Crippen LogP) is 7.10. The normalized spacial score (nSPS) is 14.8. The Balaban J connectivity index is 1.50. The molecule has 0 spiro atoms. The molecule has 0 radical (unpaired) electrons. The van der Waals surface area contributed by atoms with E-state index in [9.17, 15) is 10.1 Å². The number of carbonyl (C=O) groups excluding carboxylic acids is 1. The van der Waals surface area contributed by atoms with Crippen molar-refractivity contribution in [2.45, 2.75) is 26.7 Å². The molecule has 1 atom stereocenters. The van der Waals surface area contributed by atoms with Crippen LogP contribution in [0.3, 0.4) is 0 Å². The van der Waals surface area contributed by atoms with Gasteiger partial charge in [-0.3, -0.25) is 0 Å². The number of carbonyl (C=O) groups is 1. The van der Waals surface area contributed by atoms with Crippen LogP contribution < -0.4 is 15.2 Å². The summed E-state index contributed by atoms with van der Waals surface area (Å²) in [6.45, 7) is 5.82. The van der Waals surface area contributed by atoms with Crippen LogP contribution in [0.1, 0.15) is 44.3 Å². The van der Waals surface area contributed by atoms with Gasteiger partial charge in [-0.1, -0.05) is 35.3 Å². The molecule has 180 valence electrons. The number of aryl methyl sites for hydroxylation is 3. The Bertz CT molecular complexity index is 1650. The molecule has 2 heterocycles. The lowest BCUT2D eigenvalue weighted by molar-refractivity contribution is 0.0702. The Labute approximate surface area is 217 Å². The van der Waals surface area contributed by atoms with Crippen molar-refractivity contribution in [3.63, 3.8) is 0 Å². The van der Waals surface area contributed by atoms with E-state index in [4.69, 9.17) is 42.8 Å². The van der Waals surface area contributed by atoms with Crippen LogP contribution in [0.25, 0.3) is 11.0 Å². The summed E-state index contributed by atoms with van der Waals surface area (Å²) in [7, 11) is 0. The van der Waals surface area contributed by atoms with Gasteiger partial charge < -0.3 is 19.6 Å². The number of hydrogen-bond acceptors (Lipinski definition) is 6. The Kier molecular flexibility index (Phi) is 5.91. The molecule has 2 N–H and O–H groups in total. The molecule has 1 unspecified atom stereocenters. The average Bonchev–Trinajstić information content (AvgIpc) is 3.15. The van der Waals surface area contributed by atoms with Crippen molar-refractivity contribution >= 4 is 40.1 Å². The van der Waals surface area contributed by atoms with Gasteiger partial charge in [-0.05, 0) is 67.8 Å². The summed E-state index contributed by atoms with van der Waals surface area (Å²) < 4.78 is 17.2. The first kappa shape index (κ1) is 23.8. The number of benzene rings is 3. The standard InChI is InChI=1S/C28H20Cl2N2O4/c1-13-8-19-15(3)26(35-23(19)9-14(13)2)28(33)34-17-5-6-18-24(11-17)36-27(32)20(12-31)25(18)16-4-7-21(29)22(30)10-16/h4-11,25H,32H2,1-3H3. The molecule has 8 heteroatoms. The molecule has 0 saturated carbocycles. The van der Waals surface area contributed by atoms with E-state index in [0.717, 1.165) is 22.1 Å². The zero-order valence-electron chi connectivity index (χ0n) is 19.6. The number of nitrogens with two attached hydrogens (primary N) is 1. The van der Waals surface area contributed by atoms with Crippen LogP contribution in [0.15, 0.2) is 64.4 Å². The third kappa shape index (κ3) is 3.97. The van der Waals surface area contributed by atoms with Crippen molar-refractivity contribution in [3.8, 4) is 17.6 Å². The predicted molar refractivity (Wildman–Crippen MR) is 138 cm³/mol. The van der Waals surface area contributed by atoms with Gasteiger partial charge in [0.15, 0.2) is 0 Å². The van der Waals surface area contributed by atoms with Crippen LogP contribution in [0, 0.1) is 32.1 Å². The third-order valence-corrected chi connectivity index (χ3v) is 7.16. The van der Waals surface area contributed by atoms with Crippen LogP contribution in [-0.4, -0.2) is 5.97 Å². The average molecular weight is 519 g/mol. The molecular weight excluding hydrogens is 499 g/mol. The van der Waals surface area contributed by atoms with E-state index in [1.54, 1.807) is 36.4 Å². The zero-order chi connectivity index (χ0) is 25.7. The van der Waals surface area contributed by atoms with Crippen LogP contribution in [0.5, 0.6) is 11.5 Å². The lowest BCUT2D eigenvalue weighted by atomic mass is 9.83. The molecule has 0 saturated heterocycles. The summed E-state index contributed by atoms with van der Waals surface area (Å²) in [6, 6.07) is 16.1. The highest BCUT2D eigenvalue weighted by molar-refractivity contribution is 6.42. The highest BCUT2D eigenvalue weighted by Gasteiger charge is 2.31. The minimum absolute atomic E-state index is 0.0385. The molecule has 1 aliphatic rings. The van der Waals surface area contributed by atoms with E-state index in [2.05, 4.69) is 6.07 Å².